The van der Waals surface area contributed by atoms with Gasteiger partial charge in [0, 0.05) is 17.7 Å². The number of rotatable bonds is 5. The van der Waals surface area contributed by atoms with E-state index in [0.717, 1.165) is 0 Å². The van der Waals surface area contributed by atoms with Crippen LogP contribution in [-0.2, 0) is 6.54 Å². The largest absolute Gasteiger partial charge is 0.303 e. The van der Waals surface area contributed by atoms with Gasteiger partial charge in [-0.15, -0.1) is 10.2 Å². The van der Waals surface area contributed by atoms with E-state index in [2.05, 4.69) is 25.9 Å². The predicted molar refractivity (Wildman–Crippen MR) is 62.5 cm³/mol. The van der Waals surface area contributed by atoms with E-state index in [9.17, 15) is 10.1 Å². The fourth-order valence-electron chi connectivity index (χ4n) is 1.63. The summed E-state index contributed by atoms with van der Waals surface area (Å²) in [6, 6.07) is 6.46. The quantitative estimate of drug-likeness (QED) is 0.602. The number of aromatic amines is 1. The number of hydrogen-bond donors (Lipinski definition) is 2. The minimum atomic E-state index is -0.387. The first-order valence-corrected chi connectivity index (χ1v) is 5.37. The van der Waals surface area contributed by atoms with Crippen LogP contribution in [-0.4, -0.2) is 25.5 Å². The first-order chi connectivity index (χ1) is 8.68. The highest BCUT2D eigenvalue weighted by Gasteiger charge is 2.17. The van der Waals surface area contributed by atoms with Crippen molar-refractivity contribution in [3.8, 4) is 0 Å². The highest BCUT2D eigenvalue weighted by Crippen LogP contribution is 2.24. The lowest BCUT2D eigenvalue weighted by Gasteiger charge is -2.12. The van der Waals surface area contributed by atoms with Crippen molar-refractivity contribution < 1.29 is 4.92 Å². The lowest BCUT2D eigenvalue weighted by atomic mass is 10.1. The Balaban J connectivity index is 2.09. The summed E-state index contributed by atoms with van der Waals surface area (Å²) < 4.78 is 0. The minimum Gasteiger partial charge on any atom is -0.303 e. The van der Waals surface area contributed by atoms with Gasteiger partial charge in [0.15, 0.2) is 5.82 Å². The molecule has 0 bridgehead atoms. The number of aromatic nitrogens is 4. The molecule has 1 unspecified atom stereocenters. The molecule has 0 spiro atoms. The number of tetrazole rings is 1. The number of nitro benzene ring substituents is 1. The Morgan fingerprint density at radius 1 is 1.50 bits per heavy atom. The lowest BCUT2D eigenvalue weighted by molar-refractivity contribution is -0.385. The van der Waals surface area contributed by atoms with Gasteiger partial charge in [0.2, 0.25) is 0 Å². The standard InChI is InChI=1S/C10H12N6O2/c1-7(11-6-10-12-14-15-13-10)8-4-2-3-5-9(8)16(17)18/h2-5,7,11H,6H2,1H3,(H,12,13,14,15). The first kappa shape index (κ1) is 12.1. The third kappa shape index (κ3) is 2.66. The number of benzene rings is 1. The van der Waals surface area contributed by atoms with Crippen molar-refractivity contribution in [2.45, 2.75) is 19.5 Å². The molecule has 2 rings (SSSR count). The van der Waals surface area contributed by atoms with Crippen LogP contribution in [0.5, 0.6) is 0 Å². The molecule has 2 N–H and O–H groups in total. The topological polar surface area (TPSA) is 110 Å². The van der Waals surface area contributed by atoms with Gasteiger partial charge in [-0.2, -0.15) is 5.21 Å². The normalized spacial score (nSPS) is 12.3. The van der Waals surface area contributed by atoms with Gasteiger partial charge < -0.3 is 5.32 Å². The maximum absolute atomic E-state index is 10.9. The summed E-state index contributed by atoms with van der Waals surface area (Å²) in [6.45, 7) is 2.24. The SMILES string of the molecule is CC(NCc1nn[nH]n1)c1ccccc1[N+](=O)[O-]. The van der Waals surface area contributed by atoms with Gasteiger partial charge in [0.25, 0.3) is 5.69 Å². The summed E-state index contributed by atoms with van der Waals surface area (Å²) in [4.78, 5) is 10.5. The highest BCUT2D eigenvalue weighted by atomic mass is 16.6. The third-order valence-electron chi connectivity index (χ3n) is 2.56. The Labute approximate surface area is 103 Å². The Morgan fingerprint density at radius 2 is 2.28 bits per heavy atom. The highest BCUT2D eigenvalue weighted by molar-refractivity contribution is 5.41. The molecule has 0 amide bonds. The van der Waals surface area contributed by atoms with Gasteiger partial charge in [-0.3, -0.25) is 10.1 Å². The molecule has 0 saturated carbocycles. The second kappa shape index (κ2) is 5.32. The third-order valence-corrected chi connectivity index (χ3v) is 2.56. The first-order valence-electron chi connectivity index (χ1n) is 5.37. The Bertz CT molecular complexity index is 527. The van der Waals surface area contributed by atoms with Crippen LogP contribution in [0, 0.1) is 10.1 Å². The number of para-hydroxylation sites is 1. The molecule has 1 aromatic heterocycles. The zero-order valence-electron chi connectivity index (χ0n) is 9.70. The molecular weight excluding hydrogens is 236 g/mol. The molecular formula is C10H12N6O2. The molecule has 1 heterocycles. The number of nitro groups is 1. The van der Waals surface area contributed by atoms with Gasteiger partial charge in [-0.05, 0) is 6.92 Å². The van der Waals surface area contributed by atoms with Crippen molar-refractivity contribution in [1.29, 1.82) is 0 Å². The molecule has 8 nitrogen and oxygen atoms in total. The van der Waals surface area contributed by atoms with E-state index in [4.69, 9.17) is 0 Å². The molecule has 0 aliphatic rings. The van der Waals surface area contributed by atoms with Gasteiger partial charge in [-0.1, -0.05) is 23.4 Å². The Kier molecular flexibility index (Phi) is 3.58. The zero-order chi connectivity index (χ0) is 13.0. The van der Waals surface area contributed by atoms with Crippen LogP contribution in [0.1, 0.15) is 24.4 Å². The minimum absolute atomic E-state index is 0.102. The summed E-state index contributed by atoms with van der Waals surface area (Å²) in [6.07, 6.45) is 0. The monoisotopic (exact) mass is 248 g/mol. The van der Waals surface area contributed by atoms with E-state index < -0.39 is 0 Å². The second-order valence-corrected chi connectivity index (χ2v) is 3.75. The van der Waals surface area contributed by atoms with E-state index in [0.29, 0.717) is 17.9 Å². The lowest BCUT2D eigenvalue weighted by Crippen LogP contribution is -2.19. The molecule has 8 heteroatoms. The number of nitrogens with zero attached hydrogens (tertiary/aromatic N) is 4. The summed E-state index contributed by atoms with van der Waals surface area (Å²) in [5, 5.41) is 27.4. The average Bonchev–Trinajstić information content (AvgIpc) is 2.89. The van der Waals surface area contributed by atoms with Crippen molar-refractivity contribution in [2.75, 3.05) is 0 Å². The maximum Gasteiger partial charge on any atom is 0.274 e. The van der Waals surface area contributed by atoms with Crippen LogP contribution in [0.25, 0.3) is 0 Å². The Morgan fingerprint density at radius 3 is 2.94 bits per heavy atom. The number of H-pyrrole nitrogens is 1. The van der Waals surface area contributed by atoms with Gasteiger partial charge in [-0.25, -0.2) is 0 Å². The van der Waals surface area contributed by atoms with E-state index in [1.807, 2.05) is 6.92 Å². The molecule has 0 aliphatic heterocycles. The van der Waals surface area contributed by atoms with E-state index in [-0.39, 0.29) is 16.7 Å². The summed E-state index contributed by atoms with van der Waals surface area (Å²) in [7, 11) is 0. The van der Waals surface area contributed by atoms with E-state index in [1.54, 1.807) is 18.2 Å². The number of hydrogen-bond acceptors (Lipinski definition) is 6. The average molecular weight is 248 g/mol. The molecule has 0 saturated heterocycles. The van der Waals surface area contributed by atoms with Crippen molar-refractivity contribution in [3.05, 3.63) is 45.8 Å². The van der Waals surface area contributed by atoms with Crippen molar-refractivity contribution in [2.24, 2.45) is 0 Å². The van der Waals surface area contributed by atoms with Crippen LogP contribution >= 0.6 is 0 Å². The molecule has 0 aliphatic carbocycles. The summed E-state index contributed by atoms with van der Waals surface area (Å²) >= 11 is 0. The van der Waals surface area contributed by atoms with E-state index >= 15 is 0 Å². The van der Waals surface area contributed by atoms with Crippen LogP contribution in [0.2, 0.25) is 0 Å². The van der Waals surface area contributed by atoms with Crippen molar-refractivity contribution in [3.63, 3.8) is 0 Å². The second-order valence-electron chi connectivity index (χ2n) is 3.75. The fraction of sp³-hybridized carbons (Fsp3) is 0.300. The van der Waals surface area contributed by atoms with Crippen LogP contribution < -0.4 is 5.32 Å². The zero-order valence-corrected chi connectivity index (χ0v) is 9.70. The molecule has 94 valence electrons. The van der Waals surface area contributed by atoms with Gasteiger partial charge in [0.05, 0.1) is 11.5 Å². The van der Waals surface area contributed by atoms with Crippen LogP contribution in [0.15, 0.2) is 24.3 Å². The maximum atomic E-state index is 10.9. The smallest absolute Gasteiger partial charge is 0.274 e. The van der Waals surface area contributed by atoms with Gasteiger partial charge in [0.1, 0.15) is 0 Å². The number of nitrogens with one attached hydrogen (secondary N) is 2. The Hall–Kier alpha value is -2.35. The van der Waals surface area contributed by atoms with Crippen LogP contribution in [0.4, 0.5) is 5.69 Å². The summed E-state index contributed by atoms with van der Waals surface area (Å²) in [5.74, 6) is 0.514. The van der Waals surface area contributed by atoms with Crippen molar-refractivity contribution in [1.82, 2.24) is 25.9 Å². The van der Waals surface area contributed by atoms with E-state index in [1.165, 1.54) is 6.07 Å². The molecule has 2 aromatic rings. The predicted octanol–water partition coefficient (Wildman–Crippen LogP) is 0.959. The van der Waals surface area contributed by atoms with Gasteiger partial charge >= 0.3 is 0 Å². The molecule has 0 fully saturated rings. The van der Waals surface area contributed by atoms with Crippen molar-refractivity contribution >= 4 is 5.69 Å². The molecule has 1 atom stereocenters. The molecule has 0 radical (unpaired) electrons. The molecule has 18 heavy (non-hydrogen) atoms. The fourth-order valence-corrected chi connectivity index (χ4v) is 1.63. The van der Waals surface area contributed by atoms with Crippen LogP contribution in [0.3, 0.4) is 0 Å². The summed E-state index contributed by atoms with van der Waals surface area (Å²) in [5.41, 5.74) is 0.733. The molecule has 1 aromatic carbocycles.